The molecule has 1 saturated heterocycles. The number of methoxy groups -OCH3 is 1. The van der Waals surface area contributed by atoms with Crippen molar-refractivity contribution in [2.75, 3.05) is 33.3 Å². The highest BCUT2D eigenvalue weighted by Gasteiger charge is 2.30. The van der Waals surface area contributed by atoms with E-state index in [1.165, 1.54) is 33.5 Å². The number of ether oxygens (including phenoxy) is 1. The van der Waals surface area contributed by atoms with Crippen molar-refractivity contribution in [3.8, 4) is 0 Å². The number of carbonyl (C=O) groups excluding carboxylic acids is 2. The third-order valence-corrected chi connectivity index (χ3v) is 7.20. The topological polar surface area (TPSA) is 149 Å². The highest BCUT2D eigenvalue weighted by Crippen LogP contribution is 2.20. The van der Waals surface area contributed by atoms with E-state index >= 15 is 0 Å². The van der Waals surface area contributed by atoms with Crippen molar-refractivity contribution < 1.29 is 27.7 Å². The van der Waals surface area contributed by atoms with Crippen LogP contribution in [0.2, 0.25) is 5.02 Å². The van der Waals surface area contributed by atoms with Gasteiger partial charge in [0.2, 0.25) is 15.9 Å². The number of benzene rings is 1. The fourth-order valence-electron chi connectivity index (χ4n) is 3.28. The number of rotatable bonds is 6. The Morgan fingerprint density at radius 3 is 2.30 bits per heavy atom. The Bertz CT molecular complexity index is 1250. The number of piperazine rings is 1. The second-order valence-electron chi connectivity index (χ2n) is 7.03. The molecule has 0 aliphatic carbocycles. The van der Waals surface area contributed by atoms with E-state index in [2.05, 4.69) is 4.74 Å². The summed E-state index contributed by atoms with van der Waals surface area (Å²) >= 11 is 5.80. The van der Waals surface area contributed by atoms with Crippen molar-refractivity contribution in [1.82, 2.24) is 13.8 Å². The Morgan fingerprint density at radius 1 is 1.15 bits per heavy atom. The first kappa shape index (κ1) is 24.4. The van der Waals surface area contributed by atoms with Crippen molar-refractivity contribution in [1.29, 1.82) is 0 Å². The molecule has 33 heavy (non-hydrogen) atoms. The molecule has 2 heterocycles. The number of aromatic nitrogens is 1. The molecule has 0 atom stereocenters. The summed E-state index contributed by atoms with van der Waals surface area (Å²) in [7, 11) is -2.70. The Balaban J connectivity index is 1.73. The summed E-state index contributed by atoms with van der Waals surface area (Å²) in [6, 6.07) is 6.50. The van der Waals surface area contributed by atoms with Crippen LogP contribution in [0.15, 0.2) is 46.2 Å². The minimum Gasteiger partial charge on any atom is -0.465 e. The summed E-state index contributed by atoms with van der Waals surface area (Å²) < 4.78 is 32.1. The number of pyridine rings is 1. The molecular formula is C19H19ClN4O8S. The molecule has 0 unspecified atom stereocenters. The number of amides is 1. The molecule has 176 valence electrons. The molecule has 0 bridgehead atoms. The molecule has 1 aliphatic heterocycles. The second kappa shape index (κ2) is 9.68. The van der Waals surface area contributed by atoms with E-state index in [0.717, 1.165) is 23.9 Å². The summed E-state index contributed by atoms with van der Waals surface area (Å²) in [5, 5.41) is 11.6. The number of nitrogens with zero attached hydrogens (tertiary/aromatic N) is 4. The fourth-order valence-corrected chi connectivity index (χ4v) is 4.83. The Hall–Kier alpha value is -3.29. The number of esters is 1. The maximum atomic E-state index is 12.8. The van der Waals surface area contributed by atoms with E-state index < -0.39 is 44.6 Å². The van der Waals surface area contributed by atoms with E-state index in [9.17, 15) is 32.9 Å². The molecule has 0 saturated carbocycles. The van der Waals surface area contributed by atoms with Gasteiger partial charge in [-0.05, 0) is 24.3 Å². The first-order chi connectivity index (χ1) is 15.5. The van der Waals surface area contributed by atoms with Gasteiger partial charge in [0.05, 0.1) is 22.5 Å². The van der Waals surface area contributed by atoms with Crippen LogP contribution in [-0.4, -0.2) is 72.3 Å². The first-order valence-electron chi connectivity index (χ1n) is 9.55. The molecule has 0 N–H and O–H groups in total. The Morgan fingerprint density at radius 2 is 1.76 bits per heavy atom. The predicted octanol–water partition coefficient (Wildman–Crippen LogP) is 0.730. The van der Waals surface area contributed by atoms with Crippen molar-refractivity contribution in [3.63, 3.8) is 0 Å². The summed E-state index contributed by atoms with van der Waals surface area (Å²) in [6.45, 7) is -0.408. The lowest BCUT2D eigenvalue weighted by Crippen LogP contribution is -2.51. The van der Waals surface area contributed by atoms with Crippen molar-refractivity contribution in [3.05, 3.63) is 67.6 Å². The molecular weight excluding hydrogens is 480 g/mol. The monoisotopic (exact) mass is 498 g/mol. The highest BCUT2D eigenvalue weighted by atomic mass is 35.5. The molecule has 1 aromatic heterocycles. The van der Waals surface area contributed by atoms with Crippen molar-refractivity contribution in [2.45, 2.75) is 11.4 Å². The van der Waals surface area contributed by atoms with Crippen molar-refractivity contribution >= 4 is 39.2 Å². The molecule has 2 aromatic rings. The molecule has 12 nitrogen and oxygen atoms in total. The Kier molecular flexibility index (Phi) is 7.15. The largest absolute Gasteiger partial charge is 0.465 e. The third kappa shape index (κ3) is 5.21. The van der Waals surface area contributed by atoms with Crippen LogP contribution in [0.3, 0.4) is 0 Å². The van der Waals surface area contributed by atoms with Gasteiger partial charge in [-0.15, -0.1) is 0 Å². The Labute approximate surface area is 193 Å². The molecule has 0 radical (unpaired) electrons. The van der Waals surface area contributed by atoms with Crippen LogP contribution >= 0.6 is 11.6 Å². The van der Waals surface area contributed by atoms with Crippen LogP contribution in [0.5, 0.6) is 0 Å². The van der Waals surface area contributed by atoms with Gasteiger partial charge in [0.15, 0.2) is 0 Å². The minimum atomic E-state index is -3.77. The van der Waals surface area contributed by atoms with Gasteiger partial charge in [0.1, 0.15) is 6.54 Å². The number of carbonyl (C=O) groups is 2. The van der Waals surface area contributed by atoms with Gasteiger partial charge >= 0.3 is 17.2 Å². The van der Waals surface area contributed by atoms with Gasteiger partial charge in [-0.2, -0.15) is 4.31 Å². The van der Waals surface area contributed by atoms with Gasteiger partial charge < -0.3 is 9.64 Å². The van der Waals surface area contributed by atoms with E-state index in [1.807, 2.05) is 0 Å². The lowest BCUT2D eigenvalue weighted by Gasteiger charge is -2.34. The second-order valence-corrected chi connectivity index (χ2v) is 9.41. The van der Waals surface area contributed by atoms with Crippen LogP contribution in [0.25, 0.3) is 0 Å². The molecule has 1 aromatic carbocycles. The average Bonchev–Trinajstić information content (AvgIpc) is 2.80. The highest BCUT2D eigenvalue weighted by molar-refractivity contribution is 7.89. The first-order valence-corrected chi connectivity index (χ1v) is 11.4. The smallest absolute Gasteiger partial charge is 0.339 e. The van der Waals surface area contributed by atoms with E-state index in [4.69, 9.17) is 11.6 Å². The van der Waals surface area contributed by atoms with E-state index in [1.54, 1.807) is 0 Å². The molecule has 1 fully saturated rings. The number of hydrogen-bond donors (Lipinski definition) is 0. The summed E-state index contributed by atoms with van der Waals surface area (Å²) in [6.07, 6.45) is 1.01. The van der Waals surface area contributed by atoms with Gasteiger partial charge in [0, 0.05) is 43.5 Å². The predicted molar refractivity (Wildman–Crippen MR) is 115 cm³/mol. The van der Waals surface area contributed by atoms with Crippen LogP contribution in [0.1, 0.15) is 10.4 Å². The van der Waals surface area contributed by atoms with Crippen LogP contribution in [0, 0.1) is 10.1 Å². The molecule has 1 aliphatic rings. The number of hydrogen-bond acceptors (Lipinski definition) is 8. The molecule has 3 rings (SSSR count). The number of halogens is 1. The van der Waals surface area contributed by atoms with Crippen LogP contribution in [-0.2, 0) is 26.1 Å². The van der Waals surface area contributed by atoms with Crippen LogP contribution in [0.4, 0.5) is 5.69 Å². The third-order valence-electron chi connectivity index (χ3n) is 5.03. The maximum Gasteiger partial charge on any atom is 0.339 e. The fraction of sp³-hybridized carbons (Fsp3) is 0.316. The SMILES string of the molecule is COC(=O)c1cc([N+](=O)[O-])c(=O)n(CC(=O)N2CCN(S(=O)(=O)c3ccc(Cl)cc3)CC2)c1. The summed E-state index contributed by atoms with van der Waals surface area (Å²) in [5.41, 5.74) is -2.18. The number of nitro groups is 1. The number of sulfonamides is 1. The quantitative estimate of drug-likeness (QED) is 0.321. The standard InChI is InChI=1S/C19H19ClN4O8S/c1-32-19(27)13-10-16(24(28)29)18(26)22(11-13)12-17(25)21-6-8-23(9-7-21)33(30,31)15-4-2-14(20)3-5-15/h2-5,10-11H,6-9,12H2,1H3. The van der Waals surface area contributed by atoms with E-state index in [-0.39, 0.29) is 36.6 Å². The zero-order valence-electron chi connectivity index (χ0n) is 17.3. The van der Waals surface area contributed by atoms with Crippen LogP contribution < -0.4 is 5.56 Å². The normalized spacial score (nSPS) is 14.7. The minimum absolute atomic E-state index is 0.0218. The zero-order valence-corrected chi connectivity index (χ0v) is 18.9. The summed E-state index contributed by atoms with van der Waals surface area (Å²) in [4.78, 5) is 48.5. The van der Waals surface area contributed by atoms with Gasteiger partial charge in [-0.3, -0.25) is 24.3 Å². The van der Waals surface area contributed by atoms with Crippen molar-refractivity contribution in [2.24, 2.45) is 0 Å². The lowest BCUT2D eigenvalue weighted by atomic mass is 10.2. The van der Waals surface area contributed by atoms with Gasteiger partial charge in [0.25, 0.3) is 0 Å². The molecule has 1 amide bonds. The van der Waals surface area contributed by atoms with E-state index in [0.29, 0.717) is 5.02 Å². The zero-order chi connectivity index (χ0) is 24.3. The molecule has 0 spiro atoms. The molecule has 14 heteroatoms. The van der Waals surface area contributed by atoms with Gasteiger partial charge in [-0.1, -0.05) is 11.6 Å². The average molecular weight is 499 g/mol. The lowest BCUT2D eigenvalue weighted by molar-refractivity contribution is -0.386. The summed E-state index contributed by atoms with van der Waals surface area (Å²) in [5.74, 6) is -1.46. The van der Waals surface area contributed by atoms with Gasteiger partial charge in [-0.25, -0.2) is 13.2 Å². The maximum absolute atomic E-state index is 12.8.